The number of carbonyl (C=O) groups is 1. The van der Waals surface area contributed by atoms with Crippen molar-refractivity contribution in [3.63, 3.8) is 0 Å². The van der Waals surface area contributed by atoms with Crippen LogP contribution in [0, 0.1) is 0 Å². The van der Waals surface area contributed by atoms with E-state index < -0.39 is 12.2 Å². The number of aromatic hydroxyl groups is 1. The molecule has 250 valence electrons. The molecule has 0 spiro atoms. The largest absolute Gasteiger partial charge is 0.508 e. The Morgan fingerprint density at radius 3 is 2.21 bits per heavy atom. The van der Waals surface area contributed by atoms with E-state index in [4.69, 9.17) is 9.47 Å². The number of unbranched alkanes of at least 4 members (excludes halogenated alkanes) is 3. The Kier molecular flexibility index (Phi) is 14.7. The summed E-state index contributed by atoms with van der Waals surface area (Å²) < 4.78 is 11.5. The van der Waals surface area contributed by atoms with E-state index in [1.807, 2.05) is 78.9 Å². The number of hydrogen-bond acceptors (Lipinski definition) is 7. The number of rotatable bonds is 19. The first-order chi connectivity index (χ1) is 22.9. The van der Waals surface area contributed by atoms with Crippen molar-refractivity contribution in [1.29, 1.82) is 0 Å². The SMILES string of the molecule is CC(O)c1cc([C@@H](O)CNCCCCCCOCCOCc2cccc(NC(=O)Nc3cccc(-c4ccccc4)c3)c2)ccc1O. The molecule has 9 heteroatoms. The van der Waals surface area contributed by atoms with Crippen LogP contribution in [0.3, 0.4) is 0 Å². The first-order valence-corrected chi connectivity index (χ1v) is 16.3. The van der Waals surface area contributed by atoms with Crippen LogP contribution in [0.1, 0.15) is 61.5 Å². The molecule has 2 amide bonds. The fraction of sp³-hybridized carbons (Fsp3) is 0.342. The highest BCUT2D eigenvalue weighted by atomic mass is 16.5. The number of aliphatic hydroxyl groups excluding tert-OH is 2. The summed E-state index contributed by atoms with van der Waals surface area (Å²) in [5.41, 5.74) is 5.57. The lowest BCUT2D eigenvalue weighted by molar-refractivity contribution is 0.0393. The normalized spacial score (nSPS) is 12.4. The zero-order valence-corrected chi connectivity index (χ0v) is 27.0. The van der Waals surface area contributed by atoms with Gasteiger partial charge in [-0.25, -0.2) is 4.79 Å². The van der Waals surface area contributed by atoms with Gasteiger partial charge in [0.2, 0.25) is 0 Å². The van der Waals surface area contributed by atoms with Gasteiger partial charge < -0.3 is 40.7 Å². The zero-order chi connectivity index (χ0) is 33.3. The summed E-state index contributed by atoms with van der Waals surface area (Å²) in [4.78, 5) is 12.6. The molecule has 1 unspecified atom stereocenters. The third kappa shape index (κ3) is 12.5. The maximum atomic E-state index is 12.6. The number of nitrogens with one attached hydrogen (secondary N) is 3. The minimum absolute atomic E-state index is 0.0287. The molecule has 0 aromatic heterocycles. The van der Waals surface area contributed by atoms with Crippen molar-refractivity contribution in [3.8, 4) is 16.9 Å². The maximum Gasteiger partial charge on any atom is 0.323 e. The number of amides is 2. The lowest BCUT2D eigenvalue weighted by Crippen LogP contribution is -2.22. The van der Waals surface area contributed by atoms with Crippen LogP contribution in [0.15, 0.2) is 97.1 Å². The molecular formula is C38H47N3O6. The van der Waals surface area contributed by atoms with Crippen LogP contribution in [0.25, 0.3) is 11.1 Å². The highest BCUT2D eigenvalue weighted by Gasteiger charge is 2.13. The van der Waals surface area contributed by atoms with Crippen molar-refractivity contribution >= 4 is 17.4 Å². The van der Waals surface area contributed by atoms with Crippen LogP contribution >= 0.6 is 0 Å². The highest BCUT2D eigenvalue weighted by Crippen LogP contribution is 2.27. The summed E-state index contributed by atoms with van der Waals surface area (Å²) in [6.45, 7) is 4.92. The van der Waals surface area contributed by atoms with Gasteiger partial charge in [-0.1, -0.05) is 73.5 Å². The van der Waals surface area contributed by atoms with Crippen molar-refractivity contribution in [2.75, 3.05) is 43.5 Å². The average Bonchev–Trinajstić information content (AvgIpc) is 3.07. The lowest BCUT2D eigenvalue weighted by atomic mass is 10.0. The molecule has 0 aliphatic heterocycles. The van der Waals surface area contributed by atoms with E-state index in [0.29, 0.717) is 55.5 Å². The van der Waals surface area contributed by atoms with E-state index in [1.54, 1.807) is 19.1 Å². The first kappa shape index (κ1) is 35.6. The lowest BCUT2D eigenvalue weighted by Gasteiger charge is -2.15. The number of ether oxygens (including phenoxy) is 2. The van der Waals surface area contributed by atoms with Gasteiger partial charge in [-0.3, -0.25) is 0 Å². The topological polar surface area (TPSA) is 132 Å². The molecule has 47 heavy (non-hydrogen) atoms. The average molecular weight is 642 g/mol. The van der Waals surface area contributed by atoms with Crippen LogP contribution in [0.4, 0.5) is 16.2 Å². The van der Waals surface area contributed by atoms with Gasteiger partial charge in [-0.15, -0.1) is 0 Å². The summed E-state index contributed by atoms with van der Waals surface area (Å²) in [6, 6.07) is 29.9. The molecule has 6 N–H and O–H groups in total. The van der Waals surface area contributed by atoms with E-state index in [1.165, 1.54) is 6.07 Å². The van der Waals surface area contributed by atoms with Gasteiger partial charge in [0.05, 0.1) is 32.0 Å². The predicted octanol–water partition coefficient (Wildman–Crippen LogP) is 7.17. The number of hydrogen-bond donors (Lipinski definition) is 6. The molecule has 0 aliphatic carbocycles. The van der Waals surface area contributed by atoms with Crippen molar-refractivity contribution in [3.05, 3.63) is 114 Å². The molecule has 0 saturated carbocycles. The quantitative estimate of drug-likeness (QED) is 0.0598. The number of phenolic OH excluding ortho intramolecular Hbond substituents is 1. The fourth-order valence-electron chi connectivity index (χ4n) is 5.13. The fourth-order valence-corrected chi connectivity index (χ4v) is 5.13. The van der Waals surface area contributed by atoms with Crippen LogP contribution in [0.2, 0.25) is 0 Å². The molecule has 0 aliphatic rings. The molecule has 0 bridgehead atoms. The van der Waals surface area contributed by atoms with E-state index in [2.05, 4.69) is 16.0 Å². The monoisotopic (exact) mass is 641 g/mol. The van der Waals surface area contributed by atoms with E-state index in [9.17, 15) is 20.1 Å². The number of phenols is 1. The Hall–Kier alpha value is -4.25. The summed E-state index contributed by atoms with van der Waals surface area (Å²) in [6.07, 6.45) is 2.61. The highest BCUT2D eigenvalue weighted by molar-refractivity contribution is 6.00. The van der Waals surface area contributed by atoms with E-state index in [-0.39, 0.29) is 11.8 Å². The molecule has 9 nitrogen and oxygen atoms in total. The summed E-state index contributed by atoms with van der Waals surface area (Å²) >= 11 is 0. The standard InChI is InChI=1S/C38H47N3O6/c1-28(42)35-25-32(17-18-36(35)43)37(44)26-39-19-7-2-3-8-20-46-21-22-47-27-29-11-9-15-33(23-29)40-38(45)41-34-16-10-14-31(24-34)30-12-5-4-6-13-30/h4-6,9-18,23-25,28,37,39,42-44H,2-3,7-8,19-22,26-27H2,1H3,(H2,40,41,45)/t28?,37-/m0/s1. The summed E-state index contributed by atoms with van der Waals surface area (Å²) in [5, 5.41) is 39.0. The molecular weight excluding hydrogens is 594 g/mol. The summed E-state index contributed by atoms with van der Waals surface area (Å²) in [5.74, 6) is 0.0287. The van der Waals surface area contributed by atoms with Gasteiger partial charge in [-0.05, 0) is 85.0 Å². The van der Waals surface area contributed by atoms with Gasteiger partial charge >= 0.3 is 6.03 Å². The second-order valence-corrected chi connectivity index (χ2v) is 11.5. The number of urea groups is 1. The van der Waals surface area contributed by atoms with Gasteiger partial charge in [-0.2, -0.15) is 0 Å². The molecule has 0 fully saturated rings. The third-order valence-electron chi connectivity index (χ3n) is 7.67. The van der Waals surface area contributed by atoms with Gasteiger partial charge in [0.25, 0.3) is 0 Å². The first-order valence-electron chi connectivity index (χ1n) is 16.3. The second-order valence-electron chi connectivity index (χ2n) is 11.5. The molecule has 4 aromatic rings. The van der Waals surface area contributed by atoms with Crippen LogP contribution in [-0.2, 0) is 16.1 Å². The Morgan fingerprint density at radius 2 is 1.43 bits per heavy atom. The third-order valence-corrected chi connectivity index (χ3v) is 7.67. The molecule has 0 heterocycles. The second kappa shape index (κ2) is 19.4. The Morgan fingerprint density at radius 1 is 0.723 bits per heavy atom. The van der Waals surface area contributed by atoms with Crippen molar-refractivity contribution in [2.24, 2.45) is 0 Å². The van der Waals surface area contributed by atoms with Crippen LogP contribution in [0.5, 0.6) is 5.75 Å². The Labute approximate surface area is 277 Å². The molecule has 2 atom stereocenters. The van der Waals surface area contributed by atoms with Crippen molar-refractivity contribution in [2.45, 2.75) is 51.4 Å². The molecule has 0 saturated heterocycles. The van der Waals surface area contributed by atoms with Gasteiger partial charge in [0.1, 0.15) is 5.75 Å². The van der Waals surface area contributed by atoms with E-state index >= 15 is 0 Å². The predicted molar refractivity (Wildman–Crippen MR) is 186 cm³/mol. The van der Waals surface area contributed by atoms with Crippen molar-refractivity contribution < 1.29 is 29.6 Å². The Bertz CT molecular complexity index is 1510. The van der Waals surface area contributed by atoms with Gasteiger partial charge in [0, 0.05) is 30.1 Å². The molecule has 4 rings (SSSR count). The van der Waals surface area contributed by atoms with Crippen LogP contribution < -0.4 is 16.0 Å². The number of carbonyl (C=O) groups excluding carboxylic acids is 1. The minimum Gasteiger partial charge on any atom is -0.508 e. The molecule has 4 aromatic carbocycles. The molecule has 0 radical (unpaired) electrons. The number of aliphatic hydroxyl groups is 2. The zero-order valence-electron chi connectivity index (χ0n) is 27.0. The Balaban J connectivity index is 1.01. The minimum atomic E-state index is -0.795. The van der Waals surface area contributed by atoms with Crippen molar-refractivity contribution in [1.82, 2.24) is 5.32 Å². The number of anilines is 2. The van der Waals surface area contributed by atoms with E-state index in [0.717, 1.165) is 48.9 Å². The van der Waals surface area contributed by atoms with Gasteiger partial charge in [0.15, 0.2) is 0 Å². The smallest absolute Gasteiger partial charge is 0.323 e. The number of benzene rings is 4. The summed E-state index contributed by atoms with van der Waals surface area (Å²) in [7, 11) is 0. The van der Waals surface area contributed by atoms with Crippen LogP contribution in [-0.4, -0.2) is 54.3 Å². The maximum absolute atomic E-state index is 12.6.